The Morgan fingerprint density at radius 3 is 2.35 bits per heavy atom. The third kappa shape index (κ3) is 3.19. The summed E-state index contributed by atoms with van der Waals surface area (Å²) in [5.74, 6) is 0.901. The van der Waals surface area contributed by atoms with E-state index in [0.717, 1.165) is 19.3 Å². The van der Waals surface area contributed by atoms with Gasteiger partial charge in [-0.15, -0.1) is 0 Å². The van der Waals surface area contributed by atoms with Crippen molar-refractivity contribution in [3.8, 4) is 0 Å². The molecule has 0 spiro atoms. The molecule has 0 aromatic rings. The van der Waals surface area contributed by atoms with Crippen LogP contribution in [0.1, 0.15) is 71.6 Å². The maximum absolute atomic E-state index is 12.6. The van der Waals surface area contributed by atoms with E-state index in [2.05, 4.69) is 19.2 Å². The number of ether oxygens (including phenoxy) is 1. The lowest BCUT2D eigenvalue weighted by Crippen LogP contribution is -2.63. The number of methoxy groups -OCH3 is 1. The van der Waals surface area contributed by atoms with Crippen LogP contribution >= 0.6 is 0 Å². The molecule has 2 fully saturated rings. The Balaban J connectivity index is 2.20. The zero-order chi connectivity index (χ0) is 14.6. The molecule has 2 rings (SSSR count). The van der Waals surface area contributed by atoms with Gasteiger partial charge in [0.15, 0.2) is 0 Å². The molecule has 1 N–H and O–H groups in total. The topological polar surface area (TPSA) is 38.3 Å². The molecule has 20 heavy (non-hydrogen) atoms. The molecule has 2 saturated carbocycles. The maximum atomic E-state index is 12.6. The number of carbonyl (C=O) groups excluding carboxylic acids is 1. The lowest BCUT2D eigenvalue weighted by molar-refractivity contribution is -0.155. The number of hydrogen-bond donors (Lipinski definition) is 1. The first-order valence-corrected chi connectivity index (χ1v) is 8.46. The number of esters is 1. The van der Waals surface area contributed by atoms with Gasteiger partial charge in [-0.1, -0.05) is 46.0 Å². The lowest BCUT2D eigenvalue weighted by atomic mass is 9.67. The Labute approximate surface area is 123 Å². The highest BCUT2D eigenvalue weighted by Crippen LogP contribution is 2.40. The van der Waals surface area contributed by atoms with E-state index in [9.17, 15) is 4.79 Å². The van der Waals surface area contributed by atoms with Crippen molar-refractivity contribution in [2.75, 3.05) is 7.11 Å². The summed E-state index contributed by atoms with van der Waals surface area (Å²) < 4.78 is 5.21. The van der Waals surface area contributed by atoms with Crippen molar-refractivity contribution in [2.24, 2.45) is 11.8 Å². The first kappa shape index (κ1) is 15.8. The highest BCUT2D eigenvalue weighted by Gasteiger charge is 2.49. The highest BCUT2D eigenvalue weighted by atomic mass is 16.5. The van der Waals surface area contributed by atoms with Gasteiger partial charge in [0.05, 0.1) is 7.11 Å². The summed E-state index contributed by atoms with van der Waals surface area (Å²) in [5.41, 5.74) is -0.427. The number of rotatable bonds is 4. The Morgan fingerprint density at radius 2 is 1.75 bits per heavy atom. The minimum Gasteiger partial charge on any atom is -0.468 e. The third-order valence-electron chi connectivity index (χ3n) is 5.39. The van der Waals surface area contributed by atoms with E-state index in [-0.39, 0.29) is 5.97 Å². The van der Waals surface area contributed by atoms with Crippen LogP contribution < -0.4 is 5.32 Å². The summed E-state index contributed by atoms with van der Waals surface area (Å²) >= 11 is 0. The summed E-state index contributed by atoms with van der Waals surface area (Å²) in [6, 6.07) is 0.502. The summed E-state index contributed by atoms with van der Waals surface area (Å²) in [6.45, 7) is 4.49. The van der Waals surface area contributed by atoms with Crippen LogP contribution in [0.3, 0.4) is 0 Å². The largest absolute Gasteiger partial charge is 0.468 e. The lowest BCUT2D eigenvalue weighted by Gasteiger charge is -2.47. The smallest absolute Gasteiger partial charge is 0.326 e. The number of carbonyl (C=O) groups is 1. The second kappa shape index (κ2) is 6.93. The molecule has 3 nitrogen and oxygen atoms in total. The van der Waals surface area contributed by atoms with Crippen LogP contribution in [0.15, 0.2) is 0 Å². The molecule has 2 unspecified atom stereocenters. The zero-order valence-corrected chi connectivity index (χ0v) is 13.4. The van der Waals surface area contributed by atoms with Crippen molar-refractivity contribution in [1.82, 2.24) is 5.32 Å². The summed E-state index contributed by atoms with van der Waals surface area (Å²) in [7, 11) is 1.54. The molecule has 0 heterocycles. The predicted molar refractivity (Wildman–Crippen MR) is 81.6 cm³/mol. The van der Waals surface area contributed by atoms with Gasteiger partial charge in [-0.25, -0.2) is 0 Å². The van der Waals surface area contributed by atoms with Crippen molar-refractivity contribution in [1.29, 1.82) is 0 Å². The molecule has 2 aliphatic rings. The Morgan fingerprint density at radius 1 is 1.10 bits per heavy atom. The predicted octanol–water partition coefficient (Wildman–Crippen LogP) is 3.67. The van der Waals surface area contributed by atoms with Crippen LogP contribution in [0.4, 0.5) is 0 Å². The summed E-state index contributed by atoms with van der Waals surface area (Å²) in [4.78, 5) is 12.6. The fourth-order valence-electron chi connectivity index (χ4n) is 4.39. The molecule has 0 radical (unpaired) electrons. The molecule has 0 amide bonds. The van der Waals surface area contributed by atoms with E-state index in [1.807, 2.05) is 0 Å². The highest BCUT2D eigenvalue weighted by molar-refractivity contribution is 5.81. The van der Waals surface area contributed by atoms with Crippen LogP contribution in [0.5, 0.6) is 0 Å². The van der Waals surface area contributed by atoms with Crippen molar-refractivity contribution >= 4 is 5.97 Å². The molecule has 0 aliphatic heterocycles. The summed E-state index contributed by atoms with van der Waals surface area (Å²) in [6.07, 6.45) is 10.8. The third-order valence-corrected chi connectivity index (χ3v) is 5.39. The molecule has 3 heteroatoms. The van der Waals surface area contributed by atoms with Gasteiger partial charge in [-0.3, -0.25) is 10.1 Å². The molecule has 0 aromatic heterocycles. The molecule has 0 bridgehead atoms. The van der Waals surface area contributed by atoms with Gasteiger partial charge in [-0.05, 0) is 37.5 Å². The fourth-order valence-corrected chi connectivity index (χ4v) is 4.39. The molecule has 2 aliphatic carbocycles. The Hall–Kier alpha value is -0.570. The average Bonchev–Trinajstić information content (AvgIpc) is 2.47. The average molecular weight is 281 g/mol. The zero-order valence-electron chi connectivity index (χ0n) is 13.4. The van der Waals surface area contributed by atoms with Crippen LogP contribution in [-0.4, -0.2) is 24.7 Å². The molecule has 116 valence electrons. The van der Waals surface area contributed by atoms with Gasteiger partial charge in [0, 0.05) is 6.04 Å². The van der Waals surface area contributed by atoms with Gasteiger partial charge in [0.1, 0.15) is 5.54 Å². The van der Waals surface area contributed by atoms with Gasteiger partial charge < -0.3 is 4.74 Å². The Kier molecular flexibility index (Phi) is 5.48. The molecule has 2 atom stereocenters. The first-order valence-electron chi connectivity index (χ1n) is 8.46. The fraction of sp³-hybridized carbons (Fsp3) is 0.941. The number of nitrogens with one attached hydrogen (secondary N) is 1. The van der Waals surface area contributed by atoms with E-state index in [1.165, 1.54) is 38.5 Å². The quantitative estimate of drug-likeness (QED) is 0.799. The SMILES string of the molecule is COC(=O)C1(NC2CCCCC2)CCCCC1C(C)C. The molecule has 0 saturated heterocycles. The standard InChI is InChI=1S/C17H31NO2/c1-13(2)15-11-7-8-12-17(15,16(19)20-3)18-14-9-5-4-6-10-14/h13-15,18H,4-12H2,1-3H3. The van der Waals surface area contributed by atoms with Crippen LogP contribution in [-0.2, 0) is 9.53 Å². The second-order valence-electron chi connectivity index (χ2n) is 7.04. The minimum atomic E-state index is -0.427. The molecule has 0 aromatic carbocycles. The Bertz CT molecular complexity index is 323. The van der Waals surface area contributed by atoms with E-state index in [4.69, 9.17) is 4.74 Å². The van der Waals surface area contributed by atoms with Gasteiger partial charge in [-0.2, -0.15) is 0 Å². The van der Waals surface area contributed by atoms with Gasteiger partial charge >= 0.3 is 5.97 Å². The van der Waals surface area contributed by atoms with Crippen molar-refractivity contribution in [2.45, 2.75) is 83.2 Å². The van der Waals surface area contributed by atoms with E-state index < -0.39 is 5.54 Å². The minimum absolute atomic E-state index is 0.0264. The van der Waals surface area contributed by atoms with Gasteiger partial charge in [0.25, 0.3) is 0 Å². The monoisotopic (exact) mass is 281 g/mol. The first-order chi connectivity index (χ1) is 9.60. The molecular formula is C17H31NO2. The molecular weight excluding hydrogens is 250 g/mol. The van der Waals surface area contributed by atoms with Crippen LogP contribution in [0.25, 0.3) is 0 Å². The number of hydrogen-bond acceptors (Lipinski definition) is 3. The van der Waals surface area contributed by atoms with Crippen LogP contribution in [0.2, 0.25) is 0 Å². The van der Waals surface area contributed by atoms with E-state index in [0.29, 0.717) is 17.9 Å². The van der Waals surface area contributed by atoms with Gasteiger partial charge in [0.2, 0.25) is 0 Å². The summed E-state index contributed by atoms with van der Waals surface area (Å²) in [5, 5.41) is 3.78. The van der Waals surface area contributed by atoms with Crippen molar-refractivity contribution in [3.05, 3.63) is 0 Å². The second-order valence-corrected chi connectivity index (χ2v) is 7.04. The maximum Gasteiger partial charge on any atom is 0.326 e. The van der Waals surface area contributed by atoms with Crippen molar-refractivity contribution in [3.63, 3.8) is 0 Å². The van der Waals surface area contributed by atoms with E-state index in [1.54, 1.807) is 7.11 Å². The normalized spacial score (nSPS) is 32.3. The van der Waals surface area contributed by atoms with Crippen molar-refractivity contribution < 1.29 is 9.53 Å². The van der Waals surface area contributed by atoms with Crippen LogP contribution in [0, 0.1) is 11.8 Å². The van der Waals surface area contributed by atoms with E-state index >= 15 is 0 Å².